The van der Waals surface area contributed by atoms with E-state index in [1.165, 1.54) is 18.2 Å². The Morgan fingerprint density at radius 2 is 1.69 bits per heavy atom. The number of hydrogen-bond acceptors (Lipinski definition) is 4. The summed E-state index contributed by atoms with van der Waals surface area (Å²) in [5, 5.41) is 5.73. The third kappa shape index (κ3) is 6.25. The van der Waals surface area contributed by atoms with Crippen molar-refractivity contribution >= 4 is 34.7 Å². The van der Waals surface area contributed by atoms with Gasteiger partial charge in [0.2, 0.25) is 0 Å². The van der Waals surface area contributed by atoms with Gasteiger partial charge in [-0.3, -0.25) is 0 Å². The number of anilines is 2. The van der Waals surface area contributed by atoms with Crippen LogP contribution in [-0.2, 0) is 4.74 Å². The van der Waals surface area contributed by atoms with Crippen molar-refractivity contribution in [2.75, 3.05) is 17.2 Å². The quantitative estimate of drug-likeness (QED) is 0.582. The van der Waals surface area contributed by atoms with Crippen LogP contribution in [0, 0.1) is 0 Å². The van der Waals surface area contributed by atoms with Crippen LogP contribution in [0.5, 0.6) is 5.75 Å². The van der Waals surface area contributed by atoms with Crippen LogP contribution in [-0.4, -0.2) is 24.1 Å². The van der Waals surface area contributed by atoms with Gasteiger partial charge in [-0.25, -0.2) is 4.79 Å². The Labute approximate surface area is 153 Å². The maximum absolute atomic E-state index is 12.3. The van der Waals surface area contributed by atoms with E-state index in [-0.39, 0.29) is 17.5 Å². The van der Waals surface area contributed by atoms with E-state index in [1.54, 1.807) is 31.2 Å². The molecule has 0 aliphatic heterocycles. The number of esters is 1. The molecule has 0 atom stereocenters. The van der Waals surface area contributed by atoms with Crippen molar-refractivity contribution in [3.8, 4) is 5.75 Å². The molecule has 0 radical (unpaired) electrons. The fourth-order valence-electron chi connectivity index (χ4n) is 2.00. The molecule has 26 heavy (non-hydrogen) atoms. The number of rotatable bonds is 5. The summed E-state index contributed by atoms with van der Waals surface area (Å²) in [4.78, 5) is 11.7. The molecule has 5 nitrogen and oxygen atoms in total. The number of nitrogens with one attached hydrogen (secondary N) is 2. The highest BCUT2D eigenvalue weighted by atomic mass is 32.1. The molecule has 0 aromatic heterocycles. The zero-order valence-electron chi connectivity index (χ0n) is 13.6. The molecule has 9 heteroatoms. The van der Waals surface area contributed by atoms with Gasteiger partial charge in [-0.15, -0.1) is 13.2 Å². The van der Waals surface area contributed by atoms with Crippen molar-refractivity contribution in [3.05, 3.63) is 54.1 Å². The van der Waals surface area contributed by atoms with E-state index in [2.05, 4.69) is 15.4 Å². The third-order valence-corrected chi connectivity index (χ3v) is 3.16. The molecule has 0 amide bonds. The second-order valence-electron chi connectivity index (χ2n) is 4.96. The molecule has 0 heterocycles. The lowest BCUT2D eigenvalue weighted by atomic mass is 10.2. The third-order valence-electron chi connectivity index (χ3n) is 2.96. The Hall–Kier alpha value is -2.81. The van der Waals surface area contributed by atoms with E-state index < -0.39 is 12.3 Å². The molecule has 0 fully saturated rings. The Kier molecular flexibility index (Phi) is 6.40. The lowest BCUT2D eigenvalue weighted by Gasteiger charge is -2.13. The molecule has 2 N–H and O–H groups in total. The smallest absolute Gasteiger partial charge is 0.462 e. The van der Waals surface area contributed by atoms with Crippen LogP contribution >= 0.6 is 12.2 Å². The highest BCUT2D eigenvalue weighted by Gasteiger charge is 2.31. The number of alkyl halides is 3. The number of carbonyl (C=O) groups is 1. The number of hydrogen-bond donors (Lipinski definition) is 2. The Balaban J connectivity index is 2.02. The molecule has 0 spiro atoms. The van der Waals surface area contributed by atoms with E-state index in [9.17, 15) is 18.0 Å². The van der Waals surface area contributed by atoms with Crippen molar-refractivity contribution < 1.29 is 27.4 Å². The minimum Gasteiger partial charge on any atom is -0.462 e. The summed E-state index contributed by atoms with van der Waals surface area (Å²) < 4.78 is 45.6. The molecule has 0 unspecified atom stereocenters. The van der Waals surface area contributed by atoms with Gasteiger partial charge in [0.1, 0.15) is 5.75 Å². The molecule has 2 aromatic rings. The largest absolute Gasteiger partial charge is 0.573 e. The van der Waals surface area contributed by atoms with Gasteiger partial charge in [-0.1, -0.05) is 12.1 Å². The van der Waals surface area contributed by atoms with Gasteiger partial charge in [-0.2, -0.15) is 0 Å². The number of thiocarbonyl (C=S) groups is 1. The summed E-state index contributed by atoms with van der Waals surface area (Å²) >= 11 is 5.13. The van der Waals surface area contributed by atoms with Gasteiger partial charge in [0, 0.05) is 17.4 Å². The van der Waals surface area contributed by atoms with Crippen LogP contribution < -0.4 is 15.4 Å². The van der Waals surface area contributed by atoms with E-state index >= 15 is 0 Å². The summed E-state index contributed by atoms with van der Waals surface area (Å²) in [6.45, 7) is 1.96. The average Bonchev–Trinajstić information content (AvgIpc) is 2.54. The maximum atomic E-state index is 12.3. The lowest BCUT2D eigenvalue weighted by molar-refractivity contribution is -0.274. The van der Waals surface area contributed by atoms with Crippen molar-refractivity contribution in [3.63, 3.8) is 0 Å². The van der Waals surface area contributed by atoms with Crippen molar-refractivity contribution in [1.82, 2.24) is 0 Å². The standard InChI is InChI=1S/C17H15F3N2O3S/c1-2-24-15(23)11-5-3-6-12(9-11)21-16(26)22-13-7-4-8-14(10-13)25-17(18,19)20/h3-10H,2H2,1H3,(H2,21,22,26). The number of halogens is 3. The van der Waals surface area contributed by atoms with Gasteiger partial charge in [0.25, 0.3) is 0 Å². The van der Waals surface area contributed by atoms with Crippen LogP contribution in [0.1, 0.15) is 17.3 Å². The maximum Gasteiger partial charge on any atom is 0.573 e. The Morgan fingerprint density at radius 3 is 2.31 bits per heavy atom. The molecular formula is C17H15F3N2O3S. The number of ether oxygens (including phenoxy) is 2. The van der Waals surface area contributed by atoms with E-state index in [0.717, 1.165) is 6.07 Å². The minimum absolute atomic E-state index is 0.134. The van der Waals surface area contributed by atoms with Crippen molar-refractivity contribution in [2.45, 2.75) is 13.3 Å². The predicted molar refractivity (Wildman–Crippen MR) is 95.4 cm³/mol. The Morgan fingerprint density at radius 1 is 1.08 bits per heavy atom. The fraction of sp³-hybridized carbons (Fsp3) is 0.176. The predicted octanol–water partition coefficient (Wildman–Crippen LogP) is 4.57. The van der Waals surface area contributed by atoms with Crippen LogP contribution in [0.2, 0.25) is 0 Å². The molecule has 0 saturated carbocycles. The molecular weight excluding hydrogens is 369 g/mol. The first kappa shape index (κ1) is 19.5. The van der Waals surface area contributed by atoms with E-state index in [1.807, 2.05) is 0 Å². The van der Waals surface area contributed by atoms with Crippen LogP contribution in [0.3, 0.4) is 0 Å². The van der Waals surface area contributed by atoms with Gasteiger partial charge < -0.3 is 20.1 Å². The van der Waals surface area contributed by atoms with E-state index in [4.69, 9.17) is 17.0 Å². The Bertz CT molecular complexity index is 797. The van der Waals surface area contributed by atoms with Crippen molar-refractivity contribution in [2.24, 2.45) is 0 Å². The first-order chi connectivity index (χ1) is 12.3. The van der Waals surface area contributed by atoms with Crippen LogP contribution in [0.25, 0.3) is 0 Å². The average molecular weight is 384 g/mol. The molecule has 2 rings (SSSR count). The summed E-state index contributed by atoms with van der Waals surface area (Å²) in [7, 11) is 0. The second kappa shape index (κ2) is 8.52. The lowest BCUT2D eigenvalue weighted by Crippen LogP contribution is -2.20. The van der Waals surface area contributed by atoms with Gasteiger partial charge in [-0.05, 0) is 49.5 Å². The molecule has 0 aliphatic carbocycles. The zero-order valence-corrected chi connectivity index (χ0v) is 14.4. The topological polar surface area (TPSA) is 59.6 Å². The fourth-order valence-corrected chi connectivity index (χ4v) is 2.24. The summed E-state index contributed by atoms with van der Waals surface area (Å²) in [6, 6.07) is 11.7. The first-order valence-electron chi connectivity index (χ1n) is 7.48. The normalized spacial score (nSPS) is 10.8. The SMILES string of the molecule is CCOC(=O)c1cccc(NC(=S)Nc2cccc(OC(F)(F)F)c2)c1. The summed E-state index contributed by atoms with van der Waals surface area (Å²) in [5.74, 6) is -0.832. The second-order valence-corrected chi connectivity index (χ2v) is 5.36. The highest BCUT2D eigenvalue weighted by molar-refractivity contribution is 7.80. The molecule has 2 aromatic carbocycles. The van der Waals surface area contributed by atoms with Gasteiger partial charge in [0.05, 0.1) is 12.2 Å². The highest BCUT2D eigenvalue weighted by Crippen LogP contribution is 2.25. The minimum atomic E-state index is -4.77. The zero-order chi connectivity index (χ0) is 19.2. The van der Waals surface area contributed by atoms with E-state index in [0.29, 0.717) is 16.9 Å². The van der Waals surface area contributed by atoms with Crippen molar-refractivity contribution in [1.29, 1.82) is 0 Å². The first-order valence-corrected chi connectivity index (χ1v) is 7.88. The number of carbonyl (C=O) groups excluding carboxylic acids is 1. The van der Waals surface area contributed by atoms with Gasteiger partial charge in [0.15, 0.2) is 5.11 Å². The molecule has 0 aliphatic rings. The van der Waals surface area contributed by atoms with Crippen LogP contribution in [0.4, 0.5) is 24.5 Å². The molecule has 0 saturated heterocycles. The van der Waals surface area contributed by atoms with Gasteiger partial charge >= 0.3 is 12.3 Å². The monoisotopic (exact) mass is 384 g/mol. The molecule has 0 bridgehead atoms. The summed E-state index contributed by atoms with van der Waals surface area (Å²) in [5.41, 5.74) is 1.18. The summed E-state index contributed by atoms with van der Waals surface area (Å²) in [6.07, 6.45) is -4.77. The van der Waals surface area contributed by atoms with Crippen LogP contribution in [0.15, 0.2) is 48.5 Å². The number of benzene rings is 2. The molecule has 138 valence electrons.